The normalized spacial score (nSPS) is 11.9. The number of hydrogen-bond donors (Lipinski definition) is 0. The van der Waals surface area contributed by atoms with Crippen molar-refractivity contribution in [2.45, 2.75) is 6.92 Å². The number of aromatic nitrogens is 2. The maximum Gasteiger partial charge on any atom is 0.330 e. The summed E-state index contributed by atoms with van der Waals surface area (Å²) >= 11 is 0. The van der Waals surface area contributed by atoms with Gasteiger partial charge in [-0.15, -0.1) is 0 Å². The van der Waals surface area contributed by atoms with Crippen molar-refractivity contribution < 1.29 is 9.53 Å². The minimum atomic E-state index is -0.475. The van der Waals surface area contributed by atoms with E-state index in [0.29, 0.717) is 11.1 Å². The number of rotatable bonds is 3. The minimum absolute atomic E-state index is 0.372. The Morgan fingerprint density at radius 2 is 1.95 bits per heavy atom. The van der Waals surface area contributed by atoms with E-state index in [4.69, 9.17) is 0 Å². The second-order valence-corrected chi connectivity index (χ2v) is 4.03. The van der Waals surface area contributed by atoms with Gasteiger partial charge >= 0.3 is 11.7 Å². The number of carbonyl (C=O) groups is 1. The van der Waals surface area contributed by atoms with E-state index in [1.165, 1.54) is 37.1 Å². The molecule has 0 aliphatic heterocycles. The van der Waals surface area contributed by atoms with Crippen molar-refractivity contribution in [1.29, 1.82) is 0 Å². The standard InChI is InChI=1S/C13H16N2O4/c1-9(6-5-7-11(16)19-4)10-8-14(2)13(18)15(3)12(10)17/h5-8H,1-4H3/b7-5+,9-6+. The van der Waals surface area contributed by atoms with Crippen LogP contribution in [0.3, 0.4) is 0 Å². The van der Waals surface area contributed by atoms with Crippen LogP contribution < -0.4 is 11.2 Å². The van der Waals surface area contributed by atoms with E-state index in [9.17, 15) is 14.4 Å². The molecule has 1 rings (SSSR count). The molecule has 0 saturated carbocycles. The smallest absolute Gasteiger partial charge is 0.330 e. The van der Waals surface area contributed by atoms with Gasteiger partial charge in [0.2, 0.25) is 0 Å². The molecule has 1 aromatic rings. The summed E-state index contributed by atoms with van der Waals surface area (Å²) in [6, 6.07) is 0. The molecule has 0 atom stereocenters. The summed E-state index contributed by atoms with van der Waals surface area (Å²) < 4.78 is 6.82. The average molecular weight is 264 g/mol. The van der Waals surface area contributed by atoms with Gasteiger partial charge < -0.3 is 9.30 Å². The molecule has 1 aromatic heterocycles. The van der Waals surface area contributed by atoms with E-state index in [1.54, 1.807) is 20.0 Å². The average Bonchev–Trinajstić information content (AvgIpc) is 2.39. The van der Waals surface area contributed by atoms with Gasteiger partial charge in [-0.3, -0.25) is 9.36 Å². The highest BCUT2D eigenvalue weighted by Gasteiger charge is 2.07. The Hall–Kier alpha value is -2.37. The molecular weight excluding hydrogens is 248 g/mol. The Kier molecular flexibility index (Phi) is 4.63. The molecule has 0 fully saturated rings. The number of hydrogen-bond acceptors (Lipinski definition) is 4. The molecule has 0 bridgehead atoms. The summed E-state index contributed by atoms with van der Waals surface area (Å²) in [6.45, 7) is 1.73. The Balaban J connectivity index is 3.21. The molecule has 102 valence electrons. The van der Waals surface area contributed by atoms with Gasteiger partial charge in [-0.05, 0) is 12.5 Å². The van der Waals surface area contributed by atoms with E-state index < -0.39 is 5.97 Å². The summed E-state index contributed by atoms with van der Waals surface area (Å²) in [5.74, 6) is -0.475. The molecule has 0 aromatic carbocycles. The number of carbonyl (C=O) groups excluding carboxylic acids is 1. The Morgan fingerprint density at radius 3 is 2.53 bits per heavy atom. The second kappa shape index (κ2) is 5.99. The first-order valence-corrected chi connectivity index (χ1v) is 5.58. The number of methoxy groups -OCH3 is 1. The molecule has 0 aliphatic rings. The summed E-state index contributed by atoms with van der Waals surface area (Å²) in [5.41, 5.74) is 0.297. The predicted molar refractivity (Wildman–Crippen MR) is 71.7 cm³/mol. The number of allylic oxidation sites excluding steroid dienone is 3. The molecule has 0 spiro atoms. The fourth-order valence-corrected chi connectivity index (χ4v) is 1.51. The van der Waals surface area contributed by atoms with E-state index in [-0.39, 0.29) is 11.2 Å². The van der Waals surface area contributed by atoms with Crippen molar-refractivity contribution in [2.75, 3.05) is 7.11 Å². The zero-order chi connectivity index (χ0) is 14.6. The maximum atomic E-state index is 11.9. The van der Waals surface area contributed by atoms with E-state index >= 15 is 0 Å². The Labute approximate surface area is 110 Å². The SMILES string of the molecule is COC(=O)/C=C/C=C(\C)c1cn(C)c(=O)n(C)c1=O. The van der Waals surface area contributed by atoms with Gasteiger partial charge in [-0.25, -0.2) is 9.59 Å². The molecule has 6 heteroatoms. The van der Waals surface area contributed by atoms with Crippen LogP contribution in [0.15, 0.2) is 34.0 Å². The van der Waals surface area contributed by atoms with E-state index in [1.807, 2.05) is 0 Å². The molecule has 0 saturated heterocycles. The van der Waals surface area contributed by atoms with Gasteiger partial charge in [0, 0.05) is 26.4 Å². The molecule has 0 unspecified atom stereocenters. The van der Waals surface area contributed by atoms with Crippen LogP contribution in [0.1, 0.15) is 12.5 Å². The maximum absolute atomic E-state index is 11.9. The second-order valence-electron chi connectivity index (χ2n) is 4.03. The molecule has 6 nitrogen and oxygen atoms in total. The summed E-state index contributed by atoms with van der Waals surface area (Å²) in [5, 5.41) is 0. The topological polar surface area (TPSA) is 70.3 Å². The molecule has 0 radical (unpaired) electrons. The number of aryl methyl sites for hydroxylation is 1. The first kappa shape index (κ1) is 14.7. The van der Waals surface area contributed by atoms with Crippen molar-refractivity contribution in [3.05, 3.63) is 50.8 Å². The number of esters is 1. The summed E-state index contributed by atoms with van der Waals surface area (Å²) in [4.78, 5) is 34.4. The predicted octanol–water partition coefficient (Wildman–Crippen LogP) is 0.216. The highest BCUT2D eigenvalue weighted by molar-refractivity contribution is 5.82. The first-order valence-electron chi connectivity index (χ1n) is 5.58. The lowest BCUT2D eigenvalue weighted by molar-refractivity contribution is -0.134. The minimum Gasteiger partial charge on any atom is -0.466 e. The lowest BCUT2D eigenvalue weighted by atomic mass is 10.1. The van der Waals surface area contributed by atoms with Crippen LogP contribution in [-0.2, 0) is 23.6 Å². The molecule has 0 N–H and O–H groups in total. The van der Waals surface area contributed by atoms with Crippen LogP contribution >= 0.6 is 0 Å². The zero-order valence-corrected chi connectivity index (χ0v) is 11.3. The van der Waals surface area contributed by atoms with Gasteiger partial charge in [-0.1, -0.05) is 12.2 Å². The molecule has 0 aliphatic carbocycles. The lowest BCUT2D eigenvalue weighted by Crippen LogP contribution is -2.38. The third-order valence-corrected chi connectivity index (χ3v) is 2.65. The van der Waals surface area contributed by atoms with Crippen LogP contribution in [0.4, 0.5) is 0 Å². The van der Waals surface area contributed by atoms with Crippen LogP contribution in [0.2, 0.25) is 0 Å². The highest BCUT2D eigenvalue weighted by Crippen LogP contribution is 2.07. The van der Waals surface area contributed by atoms with Gasteiger partial charge in [0.1, 0.15) is 0 Å². The van der Waals surface area contributed by atoms with Gasteiger partial charge in [0.15, 0.2) is 0 Å². The van der Waals surface area contributed by atoms with Crippen molar-refractivity contribution in [3.63, 3.8) is 0 Å². The van der Waals surface area contributed by atoms with E-state index in [0.717, 1.165) is 4.57 Å². The fraction of sp³-hybridized carbons (Fsp3) is 0.308. The number of ether oxygens (including phenoxy) is 1. The van der Waals surface area contributed by atoms with Crippen LogP contribution in [0.25, 0.3) is 5.57 Å². The quantitative estimate of drug-likeness (QED) is 0.445. The van der Waals surface area contributed by atoms with Crippen molar-refractivity contribution in [2.24, 2.45) is 14.1 Å². The molecule has 1 heterocycles. The van der Waals surface area contributed by atoms with E-state index in [2.05, 4.69) is 4.74 Å². The van der Waals surface area contributed by atoms with Crippen molar-refractivity contribution in [1.82, 2.24) is 9.13 Å². The largest absolute Gasteiger partial charge is 0.466 e. The van der Waals surface area contributed by atoms with Crippen molar-refractivity contribution in [3.8, 4) is 0 Å². The lowest BCUT2D eigenvalue weighted by Gasteiger charge is -2.06. The third kappa shape index (κ3) is 3.31. The summed E-state index contributed by atoms with van der Waals surface area (Å²) in [7, 11) is 4.28. The Bertz CT molecular complexity index is 662. The summed E-state index contributed by atoms with van der Waals surface area (Å²) in [6.07, 6.45) is 5.82. The number of nitrogens with zero attached hydrogens (tertiary/aromatic N) is 2. The van der Waals surface area contributed by atoms with Gasteiger partial charge in [0.25, 0.3) is 5.56 Å². The third-order valence-electron chi connectivity index (χ3n) is 2.65. The fourth-order valence-electron chi connectivity index (χ4n) is 1.51. The molecule has 0 amide bonds. The van der Waals surface area contributed by atoms with Gasteiger partial charge in [-0.2, -0.15) is 0 Å². The van der Waals surface area contributed by atoms with Crippen molar-refractivity contribution >= 4 is 11.5 Å². The first-order chi connectivity index (χ1) is 8.88. The highest BCUT2D eigenvalue weighted by atomic mass is 16.5. The van der Waals surface area contributed by atoms with Crippen LogP contribution in [0, 0.1) is 0 Å². The molecular formula is C13H16N2O4. The van der Waals surface area contributed by atoms with Crippen LogP contribution in [-0.4, -0.2) is 22.2 Å². The monoisotopic (exact) mass is 264 g/mol. The Morgan fingerprint density at radius 1 is 1.32 bits per heavy atom. The molecule has 19 heavy (non-hydrogen) atoms. The van der Waals surface area contributed by atoms with Gasteiger partial charge in [0.05, 0.1) is 12.7 Å². The zero-order valence-electron chi connectivity index (χ0n) is 11.3. The van der Waals surface area contributed by atoms with Crippen LogP contribution in [0.5, 0.6) is 0 Å².